The number of rotatable bonds is 5. The SMILES string of the molecule is CC(c1ccccc1)N1CC(C(=O)N[C@H]2CCCCC[C@H]2C(=O)O)CC1=O. The van der Waals surface area contributed by atoms with Crippen LogP contribution in [0.25, 0.3) is 0 Å². The summed E-state index contributed by atoms with van der Waals surface area (Å²) in [6, 6.07) is 9.35. The molecule has 2 amide bonds. The second-order valence-corrected chi connectivity index (χ2v) is 7.73. The van der Waals surface area contributed by atoms with Crippen molar-refractivity contribution in [3.8, 4) is 0 Å². The monoisotopic (exact) mass is 372 g/mol. The van der Waals surface area contributed by atoms with E-state index in [1.807, 2.05) is 37.3 Å². The Morgan fingerprint density at radius 2 is 1.85 bits per heavy atom. The lowest BCUT2D eigenvalue weighted by Crippen LogP contribution is -2.45. The molecule has 1 saturated heterocycles. The fourth-order valence-corrected chi connectivity index (χ4v) is 4.27. The van der Waals surface area contributed by atoms with Gasteiger partial charge in [-0.3, -0.25) is 14.4 Å². The minimum Gasteiger partial charge on any atom is -0.481 e. The summed E-state index contributed by atoms with van der Waals surface area (Å²) in [6.45, 7) is 2.35. The van der Waals surface area contributed by atoms with E-state index in [0.29, 0.717) is 19.4 Å². The van der Waals surface area contributed by atoms with Crippen molar-refractivity contribution in [2.75, 3.05) is 6.54 Å². The first-order valence-corrected chi connectivity index (χ1v) is 9.85. The third-order valence-corrected chi connectivity index (χ3v) is 5.94. The minimum atomic E-state index is -0.843. The highest BCUT2D eigenvalue weighted by molar-refractivity contribution is 5.89. The molecular formula is C21H28N2O4. The molecule has 0 aromatic heterocycles. The molecule has 1 aromatic rings. The number of nitrogens with one attached hydrogen (secondary N) is 1. The number of hydrogen-bond donors (Lipinski definition) is 2. The standard InChI is InChI=1S/C21H28N2O4/c1-14(15-8-4-2-5-9-15)23-13-16(12-19(23)24)20(25)22-18-11-7-3-6-10-17(18)21(26)27/h2,4-5,8-9,14,16-18H,3,6-7,10-13H2,1H3,(H,22,25)(H,26,27)/t14?,16?,17-,18+/m1/s1. The van der Waals surface area contributed by atoms with Crippen molar-refractivity contribution in [1.29, 1.82) is 0 Å². The molecule has 1 aromatic carbocycles. The van der Waals surface area contributed by atoms with Crippen LogP contribution in [0, 0.1) is 11.8 Å². The summed E-state index contributed by atoms with van der Waals surface area (Å²) >= 11 is 0. The molecule has 1 saturated carbocycles. The van der Waals surface area contributed by atoms with Gasteiger partial charge in [0.25, 0.3) is 0 Å². The average Bonchev–Trinajstić information content (AvgIpc) is 2.90. The summed E-state index contributed by atoms with van der Waals surface area (Å²) in [7, 11) is 0. The first kappa shape index (κ1) is 19.4. The number of carboxylic acid groups (broad SMARTS) is 1. The second kappa shape index (κ2) is 8.55. The Kier molecular flexibility index (Phi) is 6.14. The van der Waals surface area contributed by atoms with Crippen LogP contribution >= 0.6 is 0 Å². The second-order valence-electron chi connectivity index (χ2n) is 7.73. The van der Waals surface area contributed by atoms with Crippen molar-refractivity contribution in [2.24, 2.45) is 11.8 Å². The molecule has 2 aliphatic rings. The molecule has 2 unspecified atom stereocenters. The fourth-order valence-electron chi connectivity index (χ4n) is 4.27. The molecule has 1 heterocycles. The van der Waals surface area contributed by atoms with Crippen molar-refractivity contribution in [2.45, 2.75) is 57.5 Å². The Morgan fingerprint density at radius 1 is 1.15 bits per heavy atom. The van der Waals surface area contributed by atoms with E-state index < -0.39 is 17.8 Å². The fraction of sp³-hybridized carbons (Fsp3) is 0.571. The zero-order chi connectivity index (χ0) is 19.4. The maximum absolute atomic E-state index is 12.8. The maximum atomic E-state index is 12.8. The predicted molar refractivity (Wildman–Crippen MR) is 101 cm³/mol. The number of carboxylic acids is 1. The number of carbonyl (C=O) groups excluding carboxylic acids is 2. The van der Waals surface area contributed by atoms with E-state index in [9.17, 15) is 19.5 Å². The Morgan fingerprint density at radius 3 is 2.56 bits per heavy atom. The third kappa shape index (κ3) is 4.49. The van der Waals surface area contributed by atoms with E-state index in [0.717, 1.165) is 24.8 Å². The van der Waals surface area contributed by atoms with Crippen molar-refractivity contribution < 1.29 is 19.5 Å². The quantitative estimate of drug-likeness (QED) is 0.778. The van der Waals surface area contributed by atoms with Gasteiger partial charge in [0.1, 0.15) is 0 Å². The summed E-state index contributed by atoms with van der Waals surface area (Å²) in [4.78, 5) is 38.5. The van der Waals surface area contributed by atoms with Crippen LogP contribution in [-0.2, 0) is 14.4 Å². The molecule has 6 nitrogen and oxygen atoms in total. The minimum absolute atomic E-state index is 0.0258. The first-order valence-electron chi connectivity index (χ1n) is 9.85. The molecule has 146 valence electrons. The highest BCUT2D eigenvalue weighted by Gasteiger charge is 2.39. The first-order chi connectivity index (χ1) is 13.0. The lowest BCUT2D eigenvalue weighted by molar-refractivity contribution is -0.143. The number of benzene rings is 1. The number of carbonyl (C=O) groups is 3. The van der Waals surface area contributed by atoms with Crippen LogP contribution < -0.4 is 5.32 Å². The van der Waals surface area contributed by atoms with Gasteiger partial charge in [0, 0.05) is 19.0 Å². The zero-order valence-electron chi connectivity index (χ0n) is 15.8. The van der Waals surface area contributed by atoms with E-state index in [1.165, 1.54) is 0 Å². The Balaban J connectivity index is 1.64. The van der Waals surface area contributed by atoms with Gasteiger partial charge in [0.15, 0.2) is 0 Å². The van der Waals surface area contributed by atoms with Crippen molar-refractivity contribution in [1.82, 2.24) is 10.2 Å². The Bertz CT molecular complexity index is 691. The Hall–Kier alpha value is -2.37. The van der Waals surface area contributed by atoms with Gasteiger partial charge in [0.2, 0.25) is 11.8 Å². The highest BCUT2D eigenvalue weighted by Crippen LogP contribution is 2.29. The molecule has 2 N–H and O–H groups in total. The molecule has 1 aliphatic carbocycles. The Labute approximate surface area is 159 Å². The molecule has 0 radical (unpaired) electrons. The molecule has 3 rings (SSSR count). The van der Waals surface area contributed by atoms with E-state index in [4.69, 9.17) is 0 Å². The van der Waals surface area contributed by atoms with Crippen LogP contribution in [0.1, 0.15) is 57.1 Å². The molecule has 0 bridgehead atoms. The van der Waals surface area contributed by atoms with E-state index in [1.54, 1.807) is 4.90 Å². The van der Waals surface area contributed by atoms with E-state index in [-0.39, 0.29) is 30.3 Å². The van der Waals surface area contributed by atoms with Crippen molar-refractivity contribution in [3.63, 3.8) is 0 Å². The largest absolute Gasteiger partial charge is 0.481 e. The van der Waals surface area contributed by atoms with Gasteiger partial charge in [-0.05, 0) is 25.3 Å². The van der Waals surface area contributed by atoms with Gasteiger partial charge in [-0.15, -0.1) is 0 Å². The highest BCUT2D eigenvalue weighted by atomic mass is 16.4. The summed E-state index contributed by atoms with van der Waals surface area (Å²) in [5.74, 6) is -2.01. The lowest BCUT2D eigenvalue weighted by Gasteiger charge is -2.26. The number of amides is 2. The molecular weight excluding hydrogens is 344 g/mol. The van der Waals surface area contributed by atoms with Crippen LogP contribution in [0.2, 0.25) is 0 Å². The number of hydrogen-bond acceptors (Lipinski definition) is 3. The topological polar surface area (TPSA) is 86.7 Å². The van der Waals surface area contributed by atoms with Crippen LogP contribution in [0.4, 0.5) is 0 Å². The molecule has 2 fully saturated rings. The molecule has 4 atom stereocenters. The van der Waals surface area contributed by atoms with Crippen LogP contribution in [0.5, 0.6) is 0 Å². The van der Waals surface area contributed by atoms with Gasteiger partial charge in [-0.25, -0.2) is 0 Å². The van der Waals surface area contributed by atoms with E-state index >= 15 is 0 Å². The molecule has 0 spiro atoms. The summed E-state index contributed by atoms with van der Waals surface area (Å²) < 4.78 is 0. The zero-order valence-corrected chi connectivity index (χ0v) is 15.8. The van der Waals surface area contributed by atoms with Crippen LogP contribution in [-0.4, -0.2) is 40.4 Å². The summed E-state index contributed by atoms with van der Waals surface area (Å²) in [5, 5.41) is 12.4. The normalized spacial score (nSPS) is 27.1. The van der Waals surface area contributed by atoms with Crippen molar-refractivity contribution in [3.05, 3.63) is 35.9 Å². The number of likely N-dealkylation sites (tertiary alicyclic amines) is 1. The van der Waals surface area contributed by atoms with Crippen LogP contribution in [0.15, 0.2) is 30.3 Å². The summed E-state index contributed by atoms with van der Waals surface area (Å²) in [5.41, 5.74) is 1.04. The molecule has 6 heteroatoms. The summed E-state index contributed by atoms with van der Waals surface area (Å²) in [6.07, 6.45) is 4.28. The lowest BCUT2D eigenvalue weighted by atomic mass is 9.94. The maximum Gasteiger partial charge on any atom is 0.308 e. The van der Waals surface area contributed by atoms with Gasteiger partial charge >= 0.3 is 5.97 Å². The van der Waals surface area contributed by atoms with E-state index in [2.05, 4.69) is 5.32 Å². The molecule has 27 heavy (non-hydrogen) atoms. The average molecular weight is 372 g/mol. The van der Waals surface area contributed by atoms with Crippen molar-refractivity contribution >= 4 is 17.8 Å². The van der Waals surface area contributed by atoms with Gasteiger partial charge in [-0.2, -0.15) is 0 Å². The predicted octanol–water partition coefficient (Wildman–Crippen LogP) is 2.75. The smallest absolute Gasteiger partial charge is 0.308 e. The van der Waals surface area contributed by atoms with Gasteiger partial charge < -0.3 is 15.3 Å². The number of aliphatic carboxylic acids is 1. The third-order valence-electron chi connectivity index (χ3n) is 5.94. The molecule has 1 aliphatic heterocycles. The van der Waals surface area contributed by atoms with Gasteiger partial charge in [-0.1, -0.05) is 49.6 Å². The van der Waals surface area contributed by atoms with Gasteiger partial charge in [0.05, 0.1) is 17.9 Å². The van der Waals surface area contributed by atoms with Crippen LogP contribution in [0.3, 0.4) is 0 Å². The number of nitrogens with zero attached hydrogens (tertiary/aromatic N) is 1.